The molecule has 1 unspecified atom stereocenters. The second-order valence-corrected chi connectivity index (χ2v) is 4.64. The van der Waals surface area contributed by atoms with E-state index >= 15 is 0 Å². The third-order valence-electron chi connectivity index (χ3n) is 2.68. The smallest absolute Gasteiger partial charge is 0.253 e. The summed E-state index contributed by atoms with van der Waals surface area (Å²) >= 11 is 0. The van der Waals surface area contributed by atoms with Crippen molar-refractivity contribution in [3.8, 4) is 0 Å². The summed E-state index contributed by atoms with van der Waals surface area (Å²) in [7, 11) is 0. The number of carbonyl (C=O) groups excluding carboxylic acids is 2. The fourth-order valence-electron chi connectivity index (χ4n) is 1.81. The van der Waals surface area contributed by atoms with Crippen molar-refractivity contribution >= 4 is 11.8 Å². The fraction of sp³-hybridized carbons (Fsp3) is 0.833. The number of hydrogen-bond acceptors (Lipinski definition) is 4. The Hall–Kier alpha value is -1.14. The van der Waals surface area contributed by atoms with Gasteiger partial charge in [0.2, 0.25) is 5.91 Å². The second kappa shape index (κ2) is 7.33. The topological polar surface area (TPSA) is 70.7 Å². The molecule has 6 heteroatoms. The first-order chi connectivity index (χ1) is 8.54. The van der Waals surface area contributed by atoms with E-state index in [0.29, 0.717) is 19.7 Å². The average molecular weight is 257 g/mol. The maximum absolute atomic E-state index is 12.1. The standard InChI is InChI=1S/C12H23N3O3/c1-4-15(8-11(16)14-9(2)3)12(17)10-7-13-5-6-18-10/h9-10,13H,4-8H2,1-3H3,(H,14,16). The van der Waals surface area contributed by atoms with Gasteiger partial charge in [-0.15, -0.1) is 0 Å². The van der Waals surface area contributed by atoms with Gasteiger partial charge in [-0.1, -0.05) is 0 Å². The molecule has 2 amide bonds. The SMILES string of the molecule is CCN(CC(=O)NC(C)C)C(=O)C1CNCCO1. The van der Waals surface area contributed by atoms with Crippen molar-refractivity contribution in [3.63, 3.8) is 0 Å². The number of morpholine rings is 1. The summed E-state index contributed by atoms with van der Waals surface area (Å²) in [6.07, 6.45) is -0.467. The van der Waals surface area contributed by atoms with Crippen LogP contribution in [0.1, 0.15) is 20.8 Å². The molecule has 0 bridgehead atoms. The molecular weight excluding hydrogens is 234 g/mol. The van der Waals surface area contributed by atoms with Crippen molar-refractivity contribution in [1.82, 2.24) is 15.5 Å². The van der Waals surface area contributed by atoms with Crippen LogP contribution in [-0.2, 0) is 14.3 Å². The van der Waals surface area contributed by atoms with Crippen molar-refractivity contribution < 1.29 is 14.3 Å². The first kappa shape index (κ1) is 14.9. The fourth-order valence-corrected chi connectivity index (χ4v) is 1.81. The number of likely N-dealkylation sites (N-methyl/N-ethyl adjacent to an activating group) is 1. The van der Waals surface area contributed by atoms with E-state index < -0.39 is 6.10 Å². The van der Waals surface area contributed by atoms with Gasteiger partial charge in [-0.3, -0.25) is 9.59 Å². The maximum Gasteiger partial charge on any atom is 0.253 e. The van der Waals surface area contributed by atoms with Gasteiger partial charge in [0, 0.05) is 25.7 Å². The van der Waals surface area contributed by atoms with E-state index in [-0.39, 0.29) is 24.4 Å². The summed E-state index contributed by atoms with van der Waals surface area (Å²) in [5.74, 6) is -0.257. The number of carbonyl (C=O) groups is 2. The molecule has 6 nitrogen and oxygen atoms in total. The van der Waals surface area contributed by atoms with Gasteiger partial charge in [0.1, 0.15) is 6.10 Å². The lowest BCUT2D eigenvalue weighted by atomic mass is 10.2. The highest BCUT2D eigenvalue weighted by Crippen LogP contribution is 2.02. The van der Waals surface area contributed by atoms with Crippen molar-refractivity contribution in [1.29, 1.82) is 0 Å². The molecule has 0 aromatic carbocycles. The molecule has 1 aliphatic rings. The van der Waals surface area contributed by atoms with Gasteiger partial charge in [0.05, 0.1) is 13.2 Å². The van der Waals surface area contributed by atoms with Crippen molar-refractivity contribution in [3.05, 3.63) is 0 Å². The molecule has 18 heavy (non-hydrogen) atoms. The average Bonchev–Trinajstić information content (AvgIpc) is 2.35. The summed E-state index contributed by atoms with van der Waals surface area (Å²) in [6.45, 7) is 8.06. The molecule has 1 atom stereocenters. The third kappa shape index (κ3) is 4.62. The molecule has 1 heterocycles. The highest BCUT2D eigenvalue weighted by Gasteiger charge is 2.27. The van der Waals surface area contributed by atoms with E-state index in [1.54, 1.807) is 0 Å². The van der Waals surface area contributed by atoms with E-state index in [1.807, 2.05) is 20.8 Å². The Morgan fingerprint density at radius 3 is 2.72 bits per heavy atom. The van der Waals surface area contributed by atoms with Gasteiger partial charge in [-0.25, -0.2) is 0 Å². The minimum atomic E-state index is -0.467. The number of ether oxygens (including phenoxy) is 1. The predicted molar refractivity (Wildman–Crippen MR) is 68.1 cm³/mol. The van der Waals surface area contributed by atoms with Crippen LogP contribution in [0.4, 0.5) is 0 Å². The Kier molecular flexibility index (Phi) is 6.07. The molecule has 0 saturated carbocycles. The van der Waals surface area contributed by atoms with Crippen LogP contribution in [-0.4, -0.2) is 61.6 Å². The molecule has 0 aliphatic carbocycles. The zero-order valence-corrected chi connectivity index (χ0v) is 11.4. The van der Waals surface area contributed by atoms with Crippen molar-refractivity contribution in [2.75, 3.05) is 32.8 Å². The van der Waals surface area contributed by atoms with Crippen LogP contribution in [0.3, 0.4) is 0 Å². The number of hydrogen-bond donors (Lipinski definition) is 2. The van der Waals surface area contributed by atoms with Gasteiger partial charge in [-0.05, 0) is 20.8 Å². The van der Waals surface area contributed by atoms with Crippen molar-refractivity contribution in [2.45, 2.75) is 32.9 Å². The molecule has 0 aromatic heterocycles. The van der Waals surface area contributed by atoms with Gasteiger partial charge in [0.25, 0.3) is 5.91 Å². The lowest BCUT2D eigenvalue weighted by Crippen LogP contribution is -2.51. The Labute approximate surface area is 108 Å². The molecular formula is C12H23N3O3. The van der Waals surface area contributed by atoms with E-state index in [9.17, 15) is 9.59 Å². The highest BCUT2D eigenvalue weighted by atomic mass is 16.5. The lowest BCUT2D eigenvalue weighted by molar-refractivity contribution is -0.147. The second-order valence-electron chi connectivity index (χ2n) is 4.64. The van der Waals surface area contributed by atoms with E-state index in [2.05, 4.69) is 10.6 Å². The third-order valence-corrected chi connectivity index (χ3v) is 2.68. The van der Waals surface area contributed by atoms with E-state index in [0.717, 1.165) is 6.54 Å². The molecule has 0 aromatic rings. The number of nitrogens with zero attached hydrogens (tertiary/aromatic N) is 1. The molecule has 1 saturated heterocycles. The predicted octanol–water partition coefficient (Wildman–Crippen LogP) is -0.652. The molecule has 1 rings (SSSR count). The molecule has 2 N–H and O–H groups in total. The van der Waals surface area contributed by atoms with Crippen LogP contribution in [0.2, 0.25) is 0 Å². The van der Waals surface area contributed by atoms with E-state index in [4.69, 9.17) is 4.74 Å². The van der Waals surface area contributed by atoms with Crippen LogP contribution in [0, 0.1) is 0 Å². The normalized spacial score (nSPS) is 19.7. The number of rotatable bonds is 5. The Bertz CT molecular complexity index is 288. The van der Waals surface area contributed by atoms with Crippen LogP contribution in [0.15, 0.2) is 0 Å². The van der Waals surface area contributed by atoms with E-state index in [1.165, 1.54) is 4.90 Å². The van der Waals surface area contributed by atoms with Crippen LogP contribution < -0.4 is 10.6 Å². The molecule has 0 spiro atoms. The van der Waals surface area contributed by atoms with Crippen LogP contribution in [0.5, 0.6) is 0 Å². The molecule has 104 valence electrons. The Morgan fingerprint density at radius 2 is 2.22 bits per heavy atom. The quantitative estimate of drug-likeness (QED) is 0.686. The van der Waals surface area contributed by atoms with Gasteiger partial charge < -0.3 is 20.3 Å². The Morgan fingerprint density at radius 1 is 1.50 bits per heavy atom. The summed E-state index contributed by atoms with van der Waals surface area (Å²) in [5.41, 5.74) is 0. The summed E-state index contributed by atoms with van der Waals surface area (Å²) in [6, 6.07) is 0.0823. The van der Waals surface area contributed by atoms with Gasteiger partial charge in [-0.2, -0.15) is 0 Å². The zero-order chi connectivity index (χ0) is 13.5. The first-order valence-corrected chi connectivity index (χ1v) is 6.45. The van der Waals surface area contributed by atoms with Crippen LogP contribution in [0.25, 0.3) is 0 Å². The highest BCUT2D eigenvalue weighted by molar-refractivity contribution is 5.87. The summed E-state index contributed by atoms with van der Waals surface area (Å²) < 4.78 is 5.40. The van der Waals surface area contributed by atoms with Crippen molar-refractivity contribution in [2.24, 2.45) is 0 Å². The van der Waals surface area contributed by atoms with Gasteiger partial charge in [0.15, 0.2) is 0 Å². The minimum absolute atomic E-state index is 0.0823. The maximum atomic E-state index is 12.1. The number of amides is 2. The first-order valence-electron chi connectivity index (χ1n) is 6.45. The number of nitrogens with one attached hydrogen (secondary N) is 2. The largest absolute Gasteiger partial charge is 0.366 e. The molecule has 1 fully saturated rings. The lowest BCUT2D eigenvalue weighted by Gasteiger charge is -2.28. The zero-order valence-electron chi connectivity index (χ0n) is 11.4. The Balaban J connectivity index is 2.48. The summed E-state index contributed by atoms with van der Waals surface area (Å²) in [5, 5.41) is 5.88. The van der Waals surface area contributed by atoms with Crippen LogP contribution >= 0.6 is 0 Å². The summed E-state index contributed by atoms with van der Waals surface area (Å²) in [4.78, 5) is 25.3. The molecule has 0 radical (unpaired) electrons. The minimum Gasteiger partial charge on any atom is -0.366 e. The van der Waals surface area contributed by atoms with Gasteiger partial charge >= 0.3 is 0 Å². The monoisotopic (exact) mass is 257 g/mol. The molecule has 1 aliphatic heterocycles.